The molecular weight excluding hydrogens is 869 g/mol. The van der Waals surface area contributed by atoms with Gasteiger partial charge in [-0.3, -0.25) is 14.4 Å². The molecule has 3 atom stereocenters. The Morgan fingerprint density at radius 3 is 0.913 bits per heavy atom. The molecule has 0 spiro atoms. The van der Waals surface area contributed by atoms with E-state index in [9.17, 15) is 34.8 Å². The van der Waals surface area contributed by atoms with Crippen LogP contribution in [-0.4, -0.2) is 83.1 Å². The summed E-state index contributed by atoms with van der Waals surface area (Å²) in [6.07, 6.45) is 48.8. The molecule has 69 heavy (non-hydrogen) atoms. The summed E-state index contributed by atoms with van der Waals surface area (Å²) in [6.45, 7) is 5.44. The first-order valence-corrected chi connectivity index (χ1v) is 28.7. The summed E-state index contributed by atoms with van der Waals surface area (Å²) in [5.74, 6) is -1.17. The van der Waals surface area contributed by atoms with E-state index in [4.69, 9.17) is 14.2 Å². The lowest BCUT2D eigenvalue weighted by Gasteiger charge is -2.30. The van der Waals surface area contributed by atoms with Crippen molar-refractivity contribution in [3.8, 4) is 0 Å². The fourth-order valence-electron chi connectivity index (χ4n) is 8.25. The van der Waals surface area contributed by atoms with Gasteiger partial charge in [0.2, 0.25) is 0 Å². The topological polar surface area (TPSA) is 160 Å². The summed E-state index contributed by atoms with van der Waals surface area (Å²) < 4.78 is 16.9. The van der Waals surface area contributed by atoms with Gasteiger partial charge in [0.25, 0.3) is 0 Å². The van der Waals surface area contributed by atoms with Crippen molar-refractivity contribution >= 4 is 17.9 Å². The van der Waals surface area contributed by atoms with Gasteiger partial charge in [-0.25, -0.2) is 0 Å². The molecule has 0 aromatic heterocycles. The van der Waals surface area contributed by atoms with E-state index in [1.54, 1.807) is 0 Å². The Morgan fingerprint density at radius 1 is 0.377 bits per heavy atom. The van der Waals surface area contributed by atoms with E-state index >= 15 is 0 Å². The first-order valence-electron chi connectivity index (χ1n) is 28.7. The van der Waals surface area contributed by atoms with Crippen LogP contribution >= 0.6 is 0 Å². The Bertz CT molecular complexity index is 1100. The predicted molar refractivity (Wildman–Crippen MR) is 285 cm³/mol. The largest absolute Gasteiger partial charge is 0.465 e. The normalized spacial score (nSPS) is 14.1. The number of rotatable bonds is 52. The number of hydrogen-bond acceptors (Lipinski definition) is 10. The highest BCUT2D eigenvalue weighted by Gasteiger charge is 2.35. The monoisotopic (exact) mass is 977 g/mol. The molecule has 0 aliphatic carbocycles. The van der Waals surface area contributed by atoms with E-state index < -0.39 is 29.9 Å². The van der Waals surface area contributed by atoms with E-state index in [0.29, 0.717) is 19.3 Å². The number of ether oxygens (including phenoxy) is 3. The van der Waals surface area contributed by atoms with Crippen molar-refractivity contribution in [3.63, 3.8) is 0 Å². The fourth-order valence-corrected chi connectivity index (χ4v) is 8.25. The standard InChI is InChI=1S/C59H108O10/c1-4-7-10-31-40-53(61)43-34-25-19-13-16-22-28-37-46-56(64)67-50-59(49-60,51-68-57(65)47-38-29-23-17-14-20-26-35-44-54(62)41-32-11-8-5-2)52-69-58(66)48-39-30-24-18-15-21-27-36-45-55(63)42-33-12-9-6-3/h25-27,34-36,53-55,60-63H,4-24,28-33,37-52H2,1-3H3/b34-25+,35-26+,36-27+. The summed E-state index contributed by atoms with van der Waals surface area (Å²) in [6, 6.07) is 0. The second kappa shape index (κ2) is 50.4. The van der Waals surface area contributed by atoms with Crippen molar-refractivity contribution in [2.75, 3.05) is 26.4 Å². The Kier molecular flexibility index (Phi) is 48.6. The zero-order valence-corrected chi connectivity index (χ0v) is 44.8. The van der Waals surface area contributed by atoms with Gasteiger partial charge in [-0.15, -0.1) is 0 Å². The van der Waals surface area contributed by atoms with Crippen LogP contribution in [0.1, 0.15) is 271 Å². The van der Waals surface area contributed by atoms with Crippen LogP contribution in [0.2, 0.25) is 0 Å². The maximum absolute atomic E-state index is 12.8. The van der Waals surface area contributed by atoms with Crippen LogP contribution < -0.4 is 0 Å². The molecule has 0 aromatic rings. The van der Waals surface area contributed by atoms with E-state index in [1.807, 2.05) is 0 Å². The molecule has 10 heteroatoms. The lowest BCUT2D eigenvalue weighted by atomic mass is 9.92. The second-order valence-corrected chi connectivity index (χ2v) is 20.2. The lowest BCUT2D eigenvalue weighted by molar-refractivity contribution is -0.165. The van der Waals surface area contributed by atoms with E-state index in [0.717, 1.165) is 154 Å². The second-order valence-electron chi connectivity index (χ2n) is 20.2. The highest BCUT2D eigenvalue weighted by atomic mass is 16.6. The van der Waals surface area contributed by atoms with Crippen LogP contribution in [0.3, 0.4) is 0 Å². The van der Waals surface area contributed by atoms with Crippen LogP contribution in [0.25, 0.3) is 0 Å². The molecule has 0 aromatic carbocycles. The van der Waals surface area contributed by atoms with Crippen LogP contribution in [-0.2, 0) is 28.6 Å². The summed E-state index contributed by atoms with van der Waals surface area (Å²) >= 11 is 0. The summed E-state index contributed by atoms with van der Waals surface area (Å²) in [5.41, 5.74) is -1.25. The third-order valence-corrected chi connectivity index (χ3v) is 13.1. The van der Waals surface area contributed by atoms with Crippen molar-refractivity contribution < 1.29 is 49.0 Å². The van der Waals surface area contributed by atoms with Crippen molar-refractivity contribution in [3.05, 3.63) is 36.5 Å². The average Bonchev–Trinajstić information content (AvgIpc) is 3.34. The Morgan fingerprint density at radius 2 is 0.638 bits per heavy atom. The zero-order valence-electron chi connectivity index (χ0n) is 44.8. The van der Waals surface area contributed by atoms with Gasteiger partial charge in [0.05, 0.1) is 30.3 Å². The molecule has 0 saturated heterocycles. The molecule has 0 amide bonds. The van der Waals surface area contributed by atoms with Gasteiger partial charge < -0.3 is 34.6 Å². The number of aliphatic hydroxyl groups is 4. The number of carbonyl (C=O) groups excluding carboxylic acids is 3. The first kappa shape index (κ1) is 66.5. The molecule has 0 rings (SSSR count). The van der Waals surface area contributed by atoms with Gasteiger partial charge in [-0.1, -0.05) is 192 Å². The third-order valence-electron chi connectivity index (χ3n) is 13.1. The van der Waals surface area contributed by atoms with Crippen molar-refractivity contribution in [1.82, 2.24) is 0 Å². The highest BCUT2D eigenvalue weighted by molar-refractivity contribution is 5.70. The van der Waals surface area contributed by atoms with Gasteiger partial charge in [0.15, 0.2) is 0 Å². The molecule has 0 aliphatic heterocycles. The zero-order chi connectivity index (χ0) is 50.7. The Balaban J connectivity index is 4.73. The molecule has 0 heterocycles. The number of esters is 3. The molecule has 0 saturated carbocycles. The third kappa shape index (κ3) is 46.3. The van der Waals surface area contributed by atoms with E-state index in [-0.39, 0.29) is 57.4 Å². The van der Waals surface area contributed by atoms with Crippen molar-refractivity contribution in [2.24, 2.45) is 5.41 Å². The number of unbranched alkanes of at least 4 members (excludes halogenated alkanes) is 24. The molecule has 0 bridgehead atoms. The maximum Gasteiger partial charge on any atom is 0.305 e. The molecule has 4 N–H and O–H groups in total. The average molecular weight is 978 g/mol. The molecular formula is C59H108O10. The molecule has 0 aliphatic rings. The molecule has 3 unspecified atom stereocenters. The number of hydrogen-bond donors (Lipinski definition) is 4. The number of allylic oxidation sites excluding steroid dienone is 3. The van der Waals surface area contributed by atoms with Gasteiger partial charge in [0, 0.05) is 19.3 Å². The van der Waals surface area contributed by atoms with E-state index in [2.05, 4.69) is 57.2 Å². The van der Waals surface area contributed by atoms with Crippen molar-refractivity contribution in [1.29, 1.82) is 0 Å². The summed E-state index contributed by atoms with van der Waals surface area (Å²) in [4.78, 5) is 38.5. The summed E-state index contributed by atoms with van der Waals surface area (Å²) in [5, 5.41) is 41.0. The Labute approximate surface area is 423 Å². The number of aliphatic hydroxyl groups excluding tert-OH is 4. The van der Waals surface area contributed by atoms with Crippen LogP contribution in [0.5, 0.6) is 0 Å². The quantitative estimate of drug-likeness (QED) is 0.0200. The molecule has 10 nitrogen and oxygen atoms in total. The highest BCUT2D eigenvalue weighted by Crippen LogP contribution is 2.22. The molecule has 404 valence electrons. The fraction of sp³-hybridized carbons (Fsp3) is 0.847. The molecule has 0 fully saturated rings. The smallest absolute Gasteiger partial charge is 0.305 e. The maximum atomic E-state index is 12.8. The summed E-state index contributed by atoms with van der Waals surface area (Å²) in [7, 11) is 0. The SMILES string of the molecule is CCCCCCC(O)C/C=C/CCCCCCCC(=O)OCC(CO)(COC(=O)CCCCCCC/C=C/CC(O)CCCCCC)COC(=O)CCCCCCC/C=C/CC(O)CCCCCC. The van der Waals surface area contributed by atoms with Gasteiger partial charge in [0.1, 0.15) is 19.8 Å². The van der Waals surface area contributed by atoms with Gasteiger partial charge in [-0.2, -0.15) is 0 Å². The van der Waals surface area contributed by atoms with Crippen LogP contribution in [0.4, 0.5) is 0 Å². The van der Waals surface area contributed by atoms with E-state index in [1.165, 1.54) is 57.8 Å². The Hall–Kier alpha value is -2.53. The predicted octanol–water partition coefficient (Wildman–Crippen LogP) is 14.6. The van der Waals surface area contributed by atoms with Crippen molar-refractivity contribution in [2.45, 2.75) is 289 Å². The lowest BCUT2D eigenvalue weighted by Crippen LogP contribution is -2.42. The van der Waals surface area contributed by atoms with Crippen LogP contribution in [0, 0.1) is 5.41 Å². The minimum Gasteiger partial charge on any atom is -0.465 e. The minimum atomic E-state index is -1.25. The van der Waals surface area contributed by atoms with Gasteiger partial charge in [-0.05, 0) is 96.3 Å². The van der Waals surface area contributed by atoms with Gasteiger partial charge >= 0.3 is 17.9 Å². The van der Waals surface area contributed by atoms with Crippen LogP contribution in [0.15, 0.2) is 36.5 Å². The molecule has 0 radical (unpaired) electrons. The number of carbonyl (C=O) groups is 3. The minimum absolute atomic E-state index is 0.221. The first-order chi connectivity index (χ1) is 33.6.